The molecule has 0 radical (unpaired) electrons. The van der Waals surface area contributed by atoms with Gasteiger partial charge in [-0.25, -0.2) is 0 Å². The first kappa shape index (κ1) is 14.3. The van der Waals surface area contributed by atoms with Crippen LogP contribution in [-0.2, 0) is 4.79 Å². The Morgan fingerprint density at radius 2 is 2.26 bits per heavy atom. The fourth-order valence-corrected chi connectivity index (χ4v) is 3.00. The second kappa shape index (κ2) is 5.51. The van der Waals surface area contributed by atoms with Crippen LogP contribution in [-0.4, -0.2) is 23.3 Å². The first-order valence-electron chi connectivity index (χ1n) is 6.38. The first-order chi connectivity index (χ1) is 8.97. The van der Waals surface area contributed by atoms with Gasteiger partial charge in [0, 0.05) is 29.8 Å². The maximum atomic E-state index is 11.6. The molecule has 2 heterocycles. The zero-order valence-corrected chi connectivity index (χ0v) is 12.7. The van der Waals surface area contributed by atoms with E-state index >= 15 is 0 Å². The molecular formula is C14H18BrNO3. The smallest absolute Gasteiger partial charge is 0.223 e. The van der Waals surface area contributed by atoms with Crippen LogP contribution in [0.2, 0.25) is 0 Å². The van der Waals surface area contributed by atoms with Crippen molar-refractivity contribution in [3.05, 3.63) is 28.2 Å². The maximum Gasteiger partial charge on any atom is 0.223 e. The van der Waals surface area contributed by atoms with Gasteiger partial charge in [-0.05, 0) is 37.6 Å². The van der Waals surface area contributed by atoms with Gasteiger partial charge in [-0.2, -0.15) is 0 Å². The largest absolute Gasteiger partial charge is 0.468 e. The third-order valence-electron chi connectivity index (χ3n) is 3.22. The average Bonchev–Trinajstić information content (AvgIpc) is 2.30. The van der Waals surface area contributed by atoms with Crippen LogP contribution >= 0.6 is 15.9 Å². The number of aliphatic hydroxyl groups is 1. The van der Waals surface area contributed by atoms with Crippen molar-refractivity contribution >= 4 is 21.8 Å². The van der Waals surface area contributed by atoms with E-state index in [1.54, 1.807) is 6.92 Å². The van der Waals surface area contributed by atoms with Crippen LogP contribution in [0.4, 0.5) is 0 Å². The molecule has 3 rings (SSSR count). The van der Waals surface area contributed by atoms with Gasteiger partial charge in [0.2, 0.25) is 5.91 Å². The molecule has 0 saturated carbocycles. The minimum Gasteiger partial charge on any atom is -0.468 e. The van der Waals surface area contributed by atoms with Gasteiger partial charge < -0.3 is 15.2 Å². The molecule has 1 aromatic rings. The van der Waals surface area contributed by atoms with Crippen LogP contribution in [0.15, 0.2) is 22.7 Å². The standard InChI is InChI=1S/C12H12BrNO2.C2H6O/c1-12-6-7(4-11(15)14-12)9-5-8(13)2-3-10(9)16-12;1-2-3/h2-3,5,7H,4,6H2,1H3,(H,14,15);3H,2H2,1H3. The Labute approximate surface area is 121 Å². The second-order valence-electron chi connectivity index (χ2n) is 4.98. The summed E-state index contributed by atoms with van der Waals surface area (Å²) in [4.78, 5) is 11.6. The van der Waals surface area contributed by atoms with Gasteiger partial charge in [-0.1, -0.05) is 15.9 Å². The number of nitrogens with one attached hydrogen (secondary N) is 1. The van der Waals surface area contributed by atoms with Crippen molar-refractivity contribution in [2.45, 2.75) is 38.3 Å². The van der Waals surface area contributed by atoms with Crippen molar-refractivity contribution in [3.63, 3.8) is 0 Å². The SMILES string of the molecule is CC12CC(CC(=O)N1)c1cc(Br)ccc1O2.CCO. The predicted molar refractivity (Wildman–Crippen MR) is 76.1 cm³/mol. The van der Waals surface area contributed by atoms with Gasteiger partial charge in [0.25, 0.3) is 0 Å². The lowest BCUT2D eigenvalue weighted by Crippen LogP contribution is -2.57. The maximum absolute atomic E-state index is 11.6. The molecule has 19 heavy (non-hydrogen) atoms. The van der Waals surface area contributed by atoms with Crippen molar-refractivity contribution in [2.24, 2.45) is 0 Å². The summed E-state index contributed by atoms with van der Waals surface area (Å²) in [6.07, 6.45) is 1.41. The summed E-state index contributed by atoms with van der Waals surface area (Å²) in [5, 5.41) is 10.5. The van der Waals surface area contributed by atoms with Gasteiger partial charge in [0.05, 0.1) is 0 Å². The molecular weight excluding hydrogens is 310 g/mol. The number of halogens is 1. The second-order valence-corrected chi connectivity index (χ2v) is 5.90. The lowest BCUT2D eigenvalue weighted by molar-refractivity contribution is -0.133. The lowest BCUT2D eigenvalue weighted by atomic mass is 9.82. The van der Waals surface area contributed by atoms with Gasteiger partial charge in [-0.3, -0.25) is 4.79 Å². The molecule has 2 bridgehead atoms. The van der Waals surface area contributed by atoms with Crippen molar-refractivity contribution in [2.75, 3.05) is 6.61 Å². The van der Waals surface area contributed by atoms with Crippen LogP contribution in [0.5, 0.6) is 5.75 Å². The number of piperidine rings is 1. The third kappa shape index (κ3) is 3.09. The number of carbonyl (C=O) groups is 1. The highest BCUT2D eigenvalue weighted by Gasteiger charge is 2.43. The van der Waals surface area contributed by atoms with Crippen LogP contribution in [0.25, 0.3) is 0 Å². The molecule has 2 atom stereocenters. The Bertz CT molecular complexity index is 492. The highest BCUT2D eigenvalue weighted by Crippen LogP contribution is 2.44. The molecule has 1 aromatic carbocycles. The summed E-state index contributed by atoms with van der Waals surface area (Å²) < 4.78 is 6.89. The Balaban J connectivity index is 0.000000408. The number of ether oxygens (including phenoxy) is 1. The van der Waals surface area contributed by atoms with Gasteiger partial charge >= 0.3 is 0 Å². The van der Waals surface area contributed by atoms with E-state index < -0.39 is 5.72 Å². The molecule has 2 aliphatic heterocycles. The van der Waals surface area contributed by atoms with Crippen LogP contribution in [0.3, 0.4) is 0 Å². The topological polar surface area (TPSA) is 58.6 Å². The summed E-state index contributed by atoms with van der Waals surface area (Å²) in [5.41, 5.74) is 0.614. The summed E-state index contributed by atoms with van der Waals surface area (Å²) >= 11 is 3.45. The Morgan fingerprint density at radius 1 is 1.58 bits per heavy atom. The van der Waals surface area contributed by atoms with Crippen molar-refractivity contribution < 1.29 is 14.6 Å². The minimum atomic E-state index is -0.527. The number of hydrogen-bond acceptors (Lipinski definition) is 3. The number of carbonyl (C=O) groups excluding carboxylic acids is 1. The summed E-state index contributed by atoms with van der Waals surface area (Å²) in [6.45, 7) is 3.86. The monoisotopic (exact) mass is 327 g/mol. The molecule has 1 amide bonds. The quantitative estimate of drug-likeness (QED) is 0.769. The van der Waals surface area contributed by atoms with E-state index in [1.807, 2.05) is 19.1 Å². The number of benzene rings is 1. The number of fused-ring (bicyclic) bond motifs is 4. The van der Waals surface area contributed by atoms with E-state index in [4.69, 9.17) is 9.84 Å². The normalized spacial score (nSPS) is 27.4. The van der Waals surface area contributed by atoms with Crippen LogP contribution in [0, 0.1) is 0 Å². The summed E-state index contributed by atoms with van der Waals surface area (Å²) in [6, 6.07) is 5.98. The molecule has 4 nitrogen and oxygen atoms in total. The fourth-order valence-electron chi connectivity index (χ4n) is 2.62. The molecule has 2 aliphatic rings. The van der Waals surface area contributed by atoms with E-state index in [1.165, 1.54) is 0 Å². The third-order valence-corrected chi connectivity index (χ3v) is 3.71. The Kier molecular flexibility index (Phi) is 4.16. The lowest BCUT2D eigenvalue weighted by Gasteiger charge is -2.44. The molecule has 5 heteroatoms. The number of amides is 1. The van der Waals surface area contributed by atoms with E-state index in [9.17, 15) is 4.79 Å². The van der Waals surface area contributed by atoms with E-state index in [-0.39, 0.29) is 18.4 Å². The van der Waals surface area contributed by atoms with Crippen molar-refractivity contribution in [1.29, 1.82) is 0 Å². The van der Waals surface area contributed by atoms with Gasteiger partial charge in [0.15, 0.2) is 5.72 Å². The highest BCUT2D eigenvalue weighted by atomic mass is 79.9. The van der Waals surface area contributed by atoms with E-state index in [0.29, 0.717) is 6.42 Å². The molecule has 0 aliphatic carbocycles. The Morgan fingerprint density at radius 3 is 2.95 bits per heavy atom. The van der Waals surface area contributed by atoms with E-state index in [0.717, 1.165) is 22.2 Å². The molecule has 0 spiro atoms. The fraction of sp³-hybridized carbons (Fsp3) is 0.500. The highest BCUT2D eigenvalue weighted by molar-refractivity contribution is 9.10. The van der Waals surface area contributed by atoms with Crippen LogP contribution in [0.1, 0.15) is 38.2 Å². The average molecular weight is 328 g/mol. The van der Waals surface area contributed by atoms with Crippen molar-refractivity contribution in [1.82, 2.24) is 5.32 Å². The zero-order valence-electron chi connectivity index (χ0n) is 11.1. The molecule has 1 fully saturated rings. The van der Waals surface area contributed by atoms with Gasteiger partial charge in [0.1, 0.15) is 5.75 Å². The molecule has 2 N–H and O–H groups in total. The van der Waals surface area contributed by atoms with Crippen molar-refractivity contribution in [3.8, 4) is 5.75 Å². The van der Waals surface area contributed by atoms with E-state index in [2.05, 4.69) is 27.3 Å². The first-order valence-corrected chi connectivity index (χ1v) is 7.17. The Hall–Kier alpha value is -1.07. The number of aliphatic hydroxyl groups excluding tert-OH is 1. The molecule has 0 aromatic heterocycles. The summed E-state index contributed by atoms with van der Waals surface area (Å²) in [5.74, 6) is 1.24. The number of hydrogen-bond donors (Lipinski definition) is 2. The number of rotatable bonds is 0. The van der Waals surface area contributed by atoms with Crippen LogP contribution < -0.4 is 10.1 Å². The molecule has 2 unspecified atom stereocenters. The van der Waals surface area contributed by atoms with Gasteiger partial charge in [-0.15, -0.1) is 0 Å². The summed E-state index contributed by atoms with van der Waals surface area (Å²) in [7, 11) is 0. The molecule has 1 saturated heterocycles. The predicted octanol–water partition coefficient (Wildman–Crippen LogP) is 2.55. The minimum absolute atomic E-state index is 0.0735. The molecule has 104 valence electrons. The zero-order chi connectivity index (χ0) is 14.0.